The van der Waals surface area contributed by atoms with E-state index in [0.717, 1.165) is 11.3 Å². The van der Waals surface area contributed by atoms with Gasteiger partial charge in [-0.1, -0.05) is 12.1 Å². The van der Waals surface area contributed by atoms with Crippen LogP contribution < -0.4 is 5.32 Å². The summed E-state index contributed by atoms with van der Waals surface area (Å²) in [4.78, 5) is 25.3. The number of imidazole rings is 1. The molecule has 0 radical (unpaired) electrons. The Labute approximate surface area is 167 Å². The van der Waals surface area contributed by atoms with Crippen molar-refractivity contribution in [1.82, 2.24) is 19.5 Å². The molecule has 3 aromatic heterocycles. The predicted octanol–water partition coefficient (Wildman–Crippen LogP) is 4.25. The first-order chi connectivity index (χ1) is 12.7. The van der Waals surface area contributed by atoms with E-state index in [-0.39, 0.29) is 5.91 Å². The summed E-state index contributed by atoms with van der Waals surface area (Å²) in [6.45, 7) is 0. The van der Waals surface area contributed by atoms with E-state index in [9.17, 15) is 4.79 Å². The molecule has 0 aliphatic rings. The standard InChI is InChI=1S/C18H12IN5OS/c19-14-3-1-12(2-4-14)15-10-26-18(22-15)23-17(25)13-5-6-21-16(9-13)24-8-7-20-11-24/h1-11H,(H,22,23,25). The second-order valence-corrected chi connectivity index (χ2v) is 7.48. The van der Waals surface area contributed by atoms with Crippen molar-refractivity contribution in [3.05, 3.63) is 75.8 Å². The van der Waals surface area contributed by atoms with Crippen molar-refractivity contribution in [1.29, 1.82) is 0 Å². The maximum Gasteiger partial charge on any atom is 0.257 e. The summed E-state index contributed by atoms with van der Waals surface area (Å²) in [7, 11) is 0. The SMILES string of the molecule is O=C(Nc1nc(-c2ccc(I)cc2)cs1)c1ccnc(-n2ccnc2)c1. The Kier molecular flexibility index (Phi) is 4.76. The molecule has 0 saturated heterocycles. The lowest BCUT2D eigenvalue weighted by molar-refractivity contribution is 0.102. The number of nitrogens with one attached hydrogen (secondary N) is 1. The molecule has 1 aromatic carbocycles. The molecule has 0 atom stereocenters. The fraction of sp³-hybridized carbons (Fsp3) is 0. The van der Waals surface area contributed by atoms with Gasteiger partial charge in [-0.2, -0.15) is 0 Å². The minimum absolute atomic E-state index is 0.225. The van der Waals surface area contributed by atoms with Gasteiger partial charge in [0, 0.05) is 38.7 Å². The van der Waals surface area contributed by atoms with Gasteiger partial charge in [0.05, 0.1) is 5.69 Å². The molecule has 0 bridgehead atoms. The van der Waals surface area contributed by atoms with Crippen LogP contribution in [0.15, 0.2) is 66.7 Å². The van der Waals surface area contributed by atoms with Crippen LogP contribution in [0.2, 0.25) is 0 Å². The Morgan fingerprint density at radius 2 is 2.00 bits per heavy atom. The number of carbonyl (C=O) groups excluding carboxylic acids is 1. The van der Waals surface area contributed by atoms with Gasteiger partial charge in [0.1, 0.15) is 12.1 Å². The van der Waals surface area contributed by atoms with Crippen LogP contribution in [-0.2, 0) is 0 Å². The number of thiazole rings is 1. The summed E-state index contributed by atoms with van der Waals surface area (Å²) in [6.07, 6.45) is 6.68. The van der Waals surface area contributed by atoms with Crippen LogP contribution in [0.25, 0.3) is 17.1 Å². The molecular weight excluding hydrogens is 461 g/mol. The van der Waals surface area contributed by atoms with Crippen LogP contribution in [0.4, 0.5) is 5.13 Å². The molecule has 26 heavy (non-hydrogen) atoms. The van der Waals surface area contributed by atoms with E-state index >= 15 is 0 Å². The number of nitrogens with zero attached hydrogens (tertiary/aromatic N) is 4. The quantitative estimate of drug-likeness (QED) is 0.450. The molecule has 4 rings (SSSR count). The number of benzene rings is 1. The molecule has 0 fully saturated rings. The van der Waals surface area contributed by atoms with E-state index in [1.807, 2.05) is 29.6 Å². The van der Waals surface area contributed by atoms with Gasteiger partial charge in [0.2, 0.25) is 0 Å². The molecule has 0 spiro atoms. The Hall–Kier alpha value is -2.59. The predicted molar refractivity (Wildman–Crippen MR) is 110 cm³/mol. The highest BCUT2D eigenvalue weighted by molar-refractivity contribution is 14.1. The average Bonchev–Trinajstić information content (AvgIpc) is 3.34. The number of anilines is 1. The van der Waals surface area contributed by atoms with Crippen molar-refractivity contribution >= 4 is 45.0 Å². The highest BCUT2D eigenvalue weighted by atomic mass is 127. The lowest BCUT2D eigenvalue weighted by Crippen LogP contribution is -2.12. The van der Waals surface area contributed by atoms with E-state index in [4.69, 9.17) is 0 Å². The number of aromatic nitrogens is 4. The van der Waals surface area contributed by atoms with Crippen LogP contribution >= 0.6 is 33.9 Å². The highest BCUT2D eigenvalue weighted by Crippen LogP contribution is 2.25. The Balaban J connectivity index is 1.52. The lowest BCUT2D eigenvalue weighted by Gasteiger charge is -2.05. The van der Waals surface area contributed by atoms with E-state index in [2.05, 4.69) is 42.9 Å². The zero-order chi connectivity index (χ0) is 17.9. The normalized spacial score (nSPS) is 10.7. The molecule has 0 unspecified atom stereocenters. The molecule has 3 heterocycles. The molecule has 0 aliphatic carbocycles. The average molecular weight is 473 g/mol. The molecule has 0 saturated carbocycles. The summed E-state index contributed by atoms with van der Waals surface area (Å²) >= 11 is 3.66. The monoisotopic (exact) mass is 473 g/mol. The van der Waals surface area contributed by atoms with Crippen LogP contribution in [0.3, 0.4) is 0 Å². The Morgan fingerprint density at radius 1 is 1.15 bits per heavy atom. The highest BCUT2D eigenvalue weighted by Gasteiger charge is 2.11. The number of pyridine rings is 1. The number of halogens is 1. The third kappa shape index (κ3) is 3.65. The van der Waals surface area contributed by atoms with Crippen LogP contribution in [0.5, 0.6) is 0 Å². The van der Waals surface area contributed by atoms with E-state index < -0.39 is 0 Å². The number of hydrogen-bond acceptors (Lipinski definition) is 5. The van der Waals surface area contributed by atoms with Gasteiger partial charge in [-0.15, -0.1) is 11.3 Å². The summed E-state index contributed by atoms with van der Waals surface area (Å²) in [5.41, 5.74) is 2.37. The van der Waals surface area contributed by atoms with Gasteiger partial charge in [-0.05, 0) is 46.9 Å². The molecule has 0 aliphatic heterocycles. The molecule has 8 heteroatoms. The van der Waals surface area contributed by atoms with Crippen molar-refractivity contribution in [2.45, 2.75) is 0 Å². The zero-order valence-corrected chi connectivity index (χ0v) is 16.3. The number of amides is 1. The van der Waals surface area contributed by atoms with Gasteiger partial charge < -0.3 is 0 Å². The molecule has 1 amide bonds. The van der Waals surface area contributed by atoms with Gasteiger partial charge in [0.25, 0.3) is 5.91 Å². The van der Waals surface area contributed by atoms with E-state index in [1.54, 1.807) is 41.6 Å². The fourth-order valence-corrected chi connectivity index (χ4v) is 3.42. The molecular formula is C18H12IN5OS. The summed E-state index contributed by atoms with van der Waals surface area (Å²) in [5, 5.41) is 5.34. The smallest absolute Gasteiger partial charge is 0.257 e. The van der Waals surface area contributed by atoms with Crippen LogP contribution in [-0.4, -0.2) is 25.4 Å². The lowest BCUT2D eigenvalue weighted by atomic mass is 10.2. The maximum absolute atomic E-state index is 12.5. The third-order valence-corrected chi connectivity index (χ3v) is 5.12. The molecule has 6 nitrogen and oxygen atoms in total. The maximum atomic E-state index is 12.5. The van der Waals surface area contributed by atoms with Crippen molar-refractivity contribution < 1.29 is 4.79 Å². The van der Waals surface area contributed by atoms with Crippen LogP contribution in [0.1, 0.15) is 10.4 Å². The number of carbonyl (C=O) groups is 1. The molecule has 1 N–H and O–H groups in total. The van der Waals surface area contributed by atoms with E-state index in [1.165, 1.54) is 14.9 Å². The van der Waals surface area contributed by atoms with Gasteiger partial charge in [-0.3, -0.25) is 14.7 Å². The van der Waals surface area contributed by atoms with Gasteiger partial charge in [-0.25, -0.2) is 15.0 Å². The third-order valence-electron chi connectivity index (χ3n) is 3.64. The Morgan fingerprint density at radius 3 is 2.77 bits per heavy atom. The van der Waals surface area contributed by atoms with Crippen molar-refractivity contribution in [3.63, 3.8) is 0 Å². The van der Waals surface area contributed by atoms with Gasteiger partial charge in [0.15, 0.2) is 5.13 Å². The second kappa shape index (κ2) is 7.34. The zero-order valence-electron chi connectivity index (χ0n) is 13.3. The fourth-order valence-electron chi connectivity index (χ4n) is 2.35. The van der Waals surface area contributed by atoms with E-state index in [0.29, 0.717) is 16.5 Å². The first-order valence-electron chi connectivity index (χ1n) is 7.66. The largest absolute Gasteiger partial charge is 0.298 e. The second-order valence-electron chi connectivity index (χ2n) is 5.37. The minimum atomic E-state index is -0.225. The van der Waals surface area contributed by atoms with Crippen molar-refractivity contribution in [2.24, 2.45) is 0 Å². The summed E-state index contributed by atoms with van der Waals surface area (Å²) < 4.78 is 2.91. The van der Waals surface area contributed by atoms with Crippen molar-refractivity contribution in [3.8, 4) is 17.1 Å². The summed E-state index contributed by atoms with van der Waals surface area (Å²) in [5.74, 6) is 0.408. The topological polar surface area (TPSA) is 72.7 Å². The summed E-state index contributed by atoms with van der Waals surface area (Å²) in [6, 6.07) is 11.5. The first-order valence-corrected chi connectivity index (χ1v) is 9.62. The minimum Gasteiger partial charge on any atom is -0.298 e. The van der Waals surface area contributed by atoms with Gasteiger partial charge >= 0.3 is 0 Å². The first kappa shape index (κ1) is 16.9. The van der Waals surface area contributed by atoms with Crippen molar-refractivity contribution in [2.75, 3.05) is 5.32 Å². The Bertz CT molecular complexity index is 1040. The number of rotatable bonds is 4. The van der Waals surface area contributed by atoms with Crippen LogP contribution in [0, 0.1) is 3.57 Å². The molecule has 4 aromatic rings. The number of hydrogen-bond donors (Lipinski definition) is 1. The molecule has 128 valence electrons.